The molecule has 5 nitrogen and oxygen atoms in total. The highest BCUT2D eigenvalue weighted by atomic mass is 32.2. The third-order valence-corrected chi connectivity index (χ3v) is 3.97. The number of primary amides is 1. The van der Waals surface area contributed by atoms with Crippen LogP contribution in [0.25, 0.3) is 0 Å². The fourth-order valence-electron chi connectivity index (χ4n) is 1.79. The number of nitrogens with two attached hydrogens (primary N) is 1. The number of carbonyl (C=O) groups is 1. The minimum atomic E-state index is -3.74. The fraction of sp³-hybridized carbons (Fsp3) is 0.0714. The fourth-order valence-corrected chi connectivity index (χ4v) is 3.01. The van der Waals surface area contributed by atoms with Gasteiger partial charge in [0.2, 0.25) is 10.0 Å². The summed E-state index contributed by atoms with van der Waals surface area (Å²) < 4.78 is 39.2. The van der Waals surface area contributed by atoms with Crippen molar-refractivity contribution in [3.8, 4) is 0 Å². The molecule has 0 saturated heterocycles. The van der Waals surface area contributed by atoms with Crippen LogP contribution in [0.2, 0.25) is 0 Å². The van der Waals surface area contributed by atoms with E-state index in [1.165, 1.54) is 36.4 Å². The van der Waals surface area contributed by atoms with Gasteiger partial charge >= 0.3 is 0 Å². The number of nitrogens with one attached hydrogen (secondary N) is 1. The third kappa shape index (κ3) is 4.03. The molecular formula is C14H13FN2O3S. The second-order valence-electron chi connectivity index (χ2n) is 4.40. The van der Waals surface area contributed by atoms with Gasteiger partial charge in [0.25, 0.3) is 5.91 Å². The van der Waals surface area contributed by atoms with Crippen molar-refractivity contribution >= 4 is 21.6 Å². The Hall–Kier alpha value is -2.41. The number of hydrogen-bond acceptors (Lipinski definition) is 3. The van der Waals surface area contributed by atoms with Gasteiger partial charge in [0.15, 0.2) is 0 Å². The minimum Gasteiger partial charge on any atom is -0.366 e. The Morgan fingerprint density at radius 1 is 1.10 bits per heavy atom. The lowest BCUT2D eigenvalue weighted by Crippen LogP contribution is -2.19. The van der Waals surface area contributed by atoms with Gasteiger partial charge in [-0.2, -0.15) is 0 Å². The van der Waals surface area contributed by atoms with Gasteiger partial charge in [0.1, 0.15) is 5.82 Å². The molecule has 2 rings (SSSR count). The Balaban J connectivity index is 2.22. The molecule has 0 unspecified atom stereocenters. The van der Waals surface area contributed by atoms with Crippen LogP contribution < -0.4 is 10.5 Å². The maximum atomic E-state index is 12.8. The first-order valence-electron chi connectivity index (χ1n) is 6.01. The van der Waals surface area contributed by atoms with Gasteiger partial charge in [-0.3, -0.25) is 9.52 Å². The first-order chi connectivity index (χ1) is 9.87. The molecular weight excluding hydrogens is 295 g/mol. The molecule has 21 heavy (non-hydrogen) atoms. The quantitative estimate of drug-likeness (QED) is 0.883. The summed E-state index contributed by atoms with van der Waals surface area (Å²) in [5.41, 5.74) is 5.82. The van der Waals surface area contributed by atoms with Crippen LogP contribution >= 0.6 is 0 Å². The number of halogens is 1. The van der Waals surface area contributed by atoms with E-state index >= 15 is 0 Å². The van der Waals surface area contributed by atoms with Crippen LogP contribution in [0.3, 0.4) is 0 Å². The third-order valence-electron chi connectivity index (χ3n) is 2.73. The van der Waals surface area contributed by atoms with E-state index in [-0.39, 0.29) is 17.0 Å². The summed E-state index contributed by atoms with van der Waals surface area (Å²) in [7, 11) is -3.74. The van der Waals surface area contributed by atoms with Crippen LogP contribution in [-0.2, 0) is 15.8 Å². The molecule has 0 aliphatic heterocycles. The molecule has 0 atom stereocenters. The van der Waals surface area contributed by atoms with E-state index in [2.05, 4.69) is 4.72 Å². The van der Waals surface area contributed by atoms with Crippen molar-refractivity contribution in [3.63, 3.8) is 0 Å². The maximum Gasteiger partial charge on any atom is 0.250 e. The van der Waals surface area contributed by atoms with Crippen LogP contribution in [0, 0.1) is 5.82 Å². The lowest BCUT2D eigenvalue weighted by Gasteiger charge is -2.10. The zero-order valence-corrected chi connectivity index (χ0v) is 11.7. The summed E-state index contributed by atoms with van der Waals surface area (Å²) in [6.45, 7) is 0. The lowest BCUT2D eigenvalue weighted by atomic mass is 10.2. The van der Waals surface area contributed by atoms with Gasteiger partial charge in [0, 0.05) is 0 Å². The maximum absolute atomic E-state index is 12.8. The van der Waals surface area contributed by atoms with E-state index in [0.717, 1.165) is 0 Å². The molecule has 2 aromatic rings. The van der Waals surface area contributed by atoms with Crippen LogP contribution in [0.1, 0.15) is 15.9 Å². The molecule has 110 valence electrons. The Bertz CT molecular complexity index is 758. The molecule has 0 saturated carbocycles. The summed E-state index contributed by atoms with van der Waals surface area (Å²) in [6, 6.07) is 11.2. The van der Waals surface area contributed by atoms with Crippen LogP contribution in [0.5, 0.6) is 0 Å². The summed E-state index contributed by atoms with van der Waals surface area (Å²) in [6.07, 6.45) is 0. The van der Waals surface area contributed by atoms with E-state index in [9.17, 15) is 17.6 Å². The predicted molar refractivity (Wildman–Crippen MR) is 77.6 cm³/mol. The van der Waals surface area contributed by atoms with Crippen molar-refractivity contribution in [1.29, 1.82) is 0 Å². The number of anilines is 1. The molecule has 0 radical (unpaired) electrons. The first-order valence-corrected chi connectivity index (χ1v) is 7.66. The highest BCUT2D eigenvalue weighted by Crippen LogP contribution is 2.17. The first kappa shape index (κ1) is 15.0. The largest absolute Gasteiger partial charge is 0.366 e. The average Bonchev–Trinajstić information content (AvgIpc) is 2.41. The summed E-state index contributed by atoms with van der Waals surface area (Å²) >= 11 is 0. The minimum absolute atomic E-state index is 0.0835. The number of benzene rings is 2. The van der Waals surface area contributed by atoms with Crippen molar-refractivity contribution in [1.82, 2.24) is 0 Å². The molecule has 3 N–H and O–H groups in total. The molecule has 7 heteroatoms. The van der Waals surface area contributed by atoms with Crippen LogP contribution in [0.4, 0.5) is 10.1 Å². The van der Waals surface area contributed by atoms with Gasteiger partial charge in [-0.25, -0.2) is 12.8 Å². The Kier molecular flexibility index (Phi) is 4.23. The van der Waals surface area contributed by atoms with E-state index in [1.807, 2.05) is 0 Å². The SMILES string of the molecule is NC(=O)c1ccccc1NS(=O)(=O)Cc1ccc(F)cc1. The van der Waals surface area contributed by atoms with Crippen molar-refractivity contribution in [2.24, 2.45) is 5.73 Å². The number of sulfonamides is 1. The lowest BCUT2D eigenvalue weighted by molar-refractivity contribution is 0.100. The molecule has 0 fully saturated rings. The smallest absolute Gasteiger partial charge is 0.250 e. The normalized spacial score (nSPS) is 11.1. The van der Waals surface area contributed by atoms with Crippen molar-refractivity contribution < 1.29 is 17.6 Å². The highest BCUT2D eigenvalue weighted by Gasteiger charge is 2.15. The topological polar surface area (TPSA) is 89.3 Å². The van der Waals surface area contributed by atoms with Gasteiger partial charge in [-0.05, 0) is 29.8 Å². The van der Waals surface area contributed by atoms with Crippen LogP contribution in [-0.4, -0.2) is 14.3 Å². The number of carbonyl (C=O) groups excluding carboxylic acids is 1. The van der Waals surface area contributed by atoms with E-state index in [0.29, 0.717) is 5.56 Å². The molecule has 2 aromatic carbocycles. The second kappa shape index (κ2) is 5.92. The predicted octanol–water partition coefficient (Wildman–Crippen LogP) is 1.87. The highest BCUT2D eigenvalue weighted by molar-refractivity contribution is 7.91. The summed E-state index contributed by atoms with van der Waals surface area (Å²) in [5.74, 6) is -1.50. The van der Waals surface area contributed by atoms with Crippen LogP contribution in [0.15, 0.2) is 48.5 Å². The molecule has 0 aliphatic carbocycles. The zero-order valence-electron chi connectivity index (χ0n) is 10.9. The van der Waals surface area contributed by atoms with E-state index < -0.39 is 21.7 Å². The Morgan fingerprint density at radius 2 is 1.71 bits per heavy atom. The summed E-state index contributed by atoms with van der Waals surface area (Å²) in [5, 5.41) is 0. The number of amides is 1. The van der Waals surface area contributed by atoms with Gasteiger partial charge in [0.05, 0.1) is 17.0 Å². The molecule has 0 bridgehead atoms. The monoisotopic (exact) mass is 308 g/mol. The van der Waals surface area contributed by atoms with Crippen molar-refractivity contribution in [2.75, 3.05) is 4.72 Å². The average molecular weight is 308 g/mol. The molecule has 0 spiro atoms. The summed E-state index contributed by atoms with van der Waals surface area (Å²) in [4.78, 5) is 11.2. The van der Waals surface area contributed by atoms with Gasteiger partial charge in [-0.1, -0.05) is 24.3 Å². The Labute approximate surface area is 121 Å². The molecule has 1 amide bonds. The molecule has 0 aromatic heterocycles. The molecule has 0 aliphatic rings. The van der Waals surface area contributed by atoms with Gasteiger partial charge in [-0.15, -0.1) is 0 Å². The number of para-hydroxylation sites is 1. The number of hydrogen-bond donors (Lipinski definition) is 2. The van der Waals surface area contributed by atoms with Crippen molar-refractivity contribution in [3.05, 3.63) is 65.5 Å². The molecule has 0 heterocycles. The van der Waals surface area contributed by atoms with Gasteiger partial charge < -0.3 is 5.73 Å². The second-order valence-corrected chi connectivity index (χ2v) is 6.12. The van der Waals surface area contributed by atoms with E-state index in [4.69, 9.17) is 5.73 Å². The zero-order chi connectivity index (χ0) is 15.5. The van der Waals surface area contributed by atoms with Crippen molar-refractivity contribution in [2.45, 2.75) is 5.75 Å². The standard InChI is InChI=1S/C14H13FN2O3S/c15-11-7-5-10(6-8-11)9-21(19,20)17-13-4-2-1-3-12(13)14(16)18/h1-8,17H,9H2,(H2,16,18). The van der Waals surface area contributed by atoms with E-state index in [1.54, 1.807) is 12.1 Å². The Morgan fingerprint density at radius 3 is 2.33 bits per heavy atom. The number of rotatable bonds is 5.